The number of fused-ring (bicyclic) bond motifs is 1. The molecule has 0 aliphatic carbocycles. The van der Waals surface area contributed by atoms with Crippen molar-refractivity contribution in [1.82, 2.24) is 10.3 Å². The molecule has 0 bridgehead atoms. The van der Waals surface area contributed by atoms with Crippen LogP contribution in [0.1, 0.15) is 58.1 Å². The number of thiophene rings is 1. The van der Waals surface area contributed by atoms with Crippen LogP contribution in [0.15, 0.2) is 23.7 Å². The number of rotatable bonds is 8. The van der Waals surface area contributed by atoms with Crippen LogP contribution in [0.5, 0.6) is 0 Å². The van der Waals surface area contributed by atoms with E-state index in [2.05, 4.69) is 48.6 Å². The molecule has 2 nitrogen and oxygen atoms in total. The molecular formula is C17H26N2S. The summed E-state index contributed by atoms with van der Waals surface area (Å²) in [5.74, 6) is 0.802. The summed E-state index contributed by atoms with van der Waals surface area (Å²) >= 11 is 1.77. The fourth-order valence-electron chi connectivity index (χ4n) is 2.50. The van der Waals surface area contributed by atoms with Gasteiger partial charge in [-0.3, -0.25) is 4.98 Å². The van der Waals surface area contributed by atoms with Gasteiger partial charge in [-0.2, -0.15) is 0 Å². The van der Waals surface area contributed by atoms with Crippen LogP contribution >= 0.6 is 11.3 Å². The molecule has 0 fully saturated rings. The van der Waals surface area contributed by atoms with E-state index < -0.39 is 0 Å². The SMILES string of the molecule is CCCCC(CC)CNC(C)c1cnc2ccsc2c1. The second kappa shape index (κ2) is 7.75. The largest absolute Gasteiger partial charge is 0.310 e. The van der Waals surface area contributed by atoms with Crippen LogP contribution in [0, 0.1) is 5.92 Å². The van der Waals surface area contributed by atoms with Crippen LogP contribution in [0.3, 0.4) is 0 Å². The molecule has 1 N–H and O–H groups in total. The van der Waals surface area contributed by atoms with E-state index in [0.29, 0.717) is 6.04 Å². The normalized spacial score (nSPS) is 14.6. The van der Waals surface area contributed by atoms with Crippen LogP contribution in [0.4, 0.5) is 0 Å². The Balaban J connectivity index is 1.91. The van der Waals surface area contributed by atoms with Crippen molar-refractivity contribution < 1.29 is 0 Å². The summed E-state index contributed by atoms with van der Waals surface area (Å²) in [6.07, 6.45) is 7.26. The third-order valence-electron chi connectivity index (χ3n) is 4.08. The van der Waals surface area contributed by atoms with Crippen molar-refractivity contribution in [2.75, 3.05) is 6.54 Å². The van der Waals surface area contributed by atoms with E-state index in [0.717, 1.165) is 18.0 Å². The van der Waals surface area contributed by atoms with Crippen molar-refractivity contribution in [1.29, 1.82) is 0 Å². The van der Waals surface area contributed by atoms with Crippen molar-refractivity contribution in [3.63, 3.8) is 0 Å². The lowest BCUT2D eigenvalue weighted by Crippen LogP contribution is -2.25. The maximum Gasteiger partial charge on any atom is 0.0809 e. The van der Waals surface area contributed by atoms with Gasteiger partial charge in [0.2, 0.25) is 0 Å². The molecule has 2 rings (SSSR count). The number of hydrogen-bond acceptors (Lipinski definition) is 3. The highest BCUT2D eigenvalue weighted by molar-refractivity contribution is 7.17. The summed E-state index contributed by atoms with van der Waals surface area (Å²) in [4.78, 5) is 4.53. The van der Waals surface area contributed by atoms with Crippen molar-refractivity contribution in [2.45, 2.75) is 52.5 Å². The fourth-order valence-corrected chi connectivity index (χ4v) is 3.29. The van der Waals surface area contributed by atoms with Crippen LogP contribution in [0.2, 0.25) is 0 Å². The van der Waals surface area contributed by atoms with Crippen LogP contribution in [0.25, 0.3) is 10.2 Å². The molecule has 0 amide bonds. The second-order valence-corrected chi connectivity index (χ2v) is 6.57. The Hall–Kier alpha value is -0.930. The van der Waals surface area contributed by atoms with Gasteiger partial charge in [-0.05, 0) is 48.9 Å². The van der Waals surface area contributed by atoms with Crippen molar-refractivity contribution in [2.24, 2.45) is 5.92 Å². The van der Waals surface area contributed by atoms with Crippen molar-refractivity contribution in [3.8, 4) is 0 Å². The molecule has 0 aromatic carbocycles. The van der Waals surface area contributed by atoms with Gasteiger partial charge in [0.05, 0.1) is 10.2 Å². The molecule has 0 saturated carbocycles. The fraction of sp³-hybridized carbons (Fsp3) is 0.588. The average molecular weight is 290 g/mol. The highest BCUT2D eigenvalue weighted by atomic mass is 32.1. The van der Waals surface area contributed by atoms with Gasteiger partial charge < -0.3 is 5.32 Å². The molecule has 2 unspecified atom stereocenters. The molecule has 2 aromatic rings. The highest BCUT2D eigenvalue weighted by Crippen LogP contribution is 2.23. The molecule has 0 spiro atoms. The summed E-state index contributed by atoms with van der Waals surface area (Å²) in [6, 6.07) is 4.74. The molecule has 2 aromatic heterocycles. The Morgan fingerprint density at radius 1 is 1.35 bits per heavy atom. The van der Waals surface area contributed by atoms with Gasteiger partial charge in [0, 0.05) is 12.2 Å². The molecule has 20 heavy (non-hydrogen) atoms. The molecule has 2 heterocycles. The van der Waals surface area contributed by atoms with Gasteiger partial charge in [0.1, 0.15) is 0 Å². The number of aromatic nitrogens is 1. The number of pyridine rings is 1. The maximum atomic E-state index is 4.53. The average Bonchev–Trinajstić information content (AvgIpc) is 2.94. The number of unbranched alkanes of at least 4 members (excludes halogenated alkanes) is 1. The lowest BCUT2D eigenvalue weighted by atomic mass is 9.98. The monoisotopic (exact) mass is 290 g/mol. The lowest BCUT2D eigenvalue weighted by Gasteiger charge is -2.19. The first-order chi connectivity index (χ1) is 9.74. The summed E-state index contributed by atoms with van der Waals surface area (Å²) in [5.41, 5.74) is 2.41. The standard InChI is InChI=1S/C17H26N2S/c1-4-6-7-14(5-2)11-18-13(3)15-10-17-16(19-12-15)8-9-20-17/h8-10,12-14,18H,4-7,11H2,1-3H3. The van der Waals surface area contributed by atoms with E-state index in [9.17, 15) is 0 Å². The summed E-state index contributed by atoms with van der Waals surface area (Å²) in [6.45, 7) is 7.92. The topological polar surface area (TPSA) is 24.9 Å². The minimum atomic E-state index is 0.379. The van der Waals surface area contributed by atoms with Gasteiger partial charge in [0.15, 0.2) is 0 Å². The molecule has 0 aliphatic heterocycles. The molecule has 2 atom stereocenters. The third kappa shape index (κ3) is 4.03. The Bertz CT molecular complexity index is 520. The maximum absolute atomic E-state index is 4.53. The molecule has 3 heteroatoms. The number of nitrogens with zero attached hydrogens (tertiary/aromatic N) is 1. The van der Waals surface area contributed by atoms with E-state index in [-0.39, 0.29) is 0 Å². The van der Waals surface area contributed by atoms with E-state index >= 15 is 0 Å². The van der Waals surface area contributed by atoms with Gasteiger partial charge >= 0.3 is 0 Å². The lowest BCUT2D eigenvalue weighted by molar-refractivity contribution is 0.398. The second-order valence-electron chi connectivity index (χ2n) is 5.62. The summed E-state index contributed by atoms with van der Waals surface area (Å²) in [7, 11) is 0. The highest BCUT2D eigenvalue weighted by Gasteiger charge is 2.10. The zero-order chi connectivity index (χ0) is 14.4. The van der Waals surface area contributed by atoms with E-state index in [1.807, 2.05) is 6.20 Å². The molecular weight excluding hydrogens is 264 g/mol. The Labute approximate surface area is 126 Å². The molecule has 110 valence electrons. The molecule has 0 aliphatic rings. The van der Waals surface area contributed by atoms with E-state index in [1.54, 1.807) is 11.3 Å². The molecule has 0 saturated heterocycles. The number of nitrogens with one attached hydrogen (secondary N) is 1. The van der Waals surface area contributed by atoms with E-state index in [4.69, 9.17) is 0 Å². The first-order valence-electron chi connectivity index (χ1n) is 7.81. The van der Waals surface area contributed by atoms with Gasteiger partial charge in [-0.1, -0.05) is 33.1 Å². The minimum absolute atomic E-state index is 0.379. The zero-order valence-corrected chi connectivity index (χ0v) is 13.7. The minimum Gasteiger partial charge on any atom is -0.310 e. The van der Waals surface area contributed by atoms with Crippen molar-refractivity contribution >= 4 is 21.6 Å². The Morgan fingerprint density at radius 2 is 2.20 bits per heavy atom. The smallest absolute Gasteiger partial charge is 0.0809 e. The number of hydrogen-bond donors (Lipinski definition) is 1. The van der Waals surface area contributed by atoms with Gasteiger partial charge in [0.25, 0.3) is 0 Å². The van der Waals surface area contributed by atoms with E-state index in [1.165, 1.54) is 35.9 Å². The van der Waals surface area contributed by atoms with Crippen LogP contribution in [-0.2, 0) is 0 Å². The summed E-state index contributed by atoms with van der Waals surface area (Å²) in [5, 5.41) is 5.79. The van der Waals surface area contributed by atoms with Gasteiger partial charge in [-0.25, -0.2) is 0 Å². The van der Waals surface area contributed by atoms with Crippen LogP contribution < -0.4 is 5.32 Å². The van der Waals surface area contributed by atoms with Crippen molar-refractivity contribution in [3.05, 3.63) is 29.3 Å². The third-order valence-corrected chi connectivity index (χ3v) is 4.93. The quantitative estimate of drug-likeness (QED) is 0.726. The van der Waals surface area contributed by atoms with Crippen LogP contribution in [-0.4, -0.2) is 11.5 Å². The predicted octanol–water partition coefficient (Wildman–Crippen LogP) is 5.16. The zero-order valence-electron chi connectivity index (χ0n) is 12.9. The Kier molecular flexibility index (Phi) is 5.99. The first-order valence-corrected chi connectivity index (χ1v) is 8.69. The predicted molar refractivity (Wildman–Crippen MR) is 89.3 cm³/mol. The summed E-state index contributed by atoms with van der Waals surface area (Å²) < 4.78 is 1.29. The first kappa shape index (κ1) is 15.5. The Morgan fingerprint density at radius 3 is 2.95 bits per heavy atom. The van der Waals surface area contributed by atoms with Gasteiger partial charge in [-0.15, -0.1) is 11.3 Å². The molecule has 0 radical (unpaired) electrons.